The Morgan fingerprint density at radius 1 is 0.842 bits per heavy atom. The highest BCUT2D eigenvalue weighted by molar-refractivity contribution is 8.13. The van der Waals surface area contributed by atoms with Crippen LogP contribution in [0.25, 0.3) is 0 Å². The Morgan fingerprint density at radius 2 is 1.47 bits per heavy atom. The minimum Gasteiger partial charge on any atom is -0.445 e. The number of rotatable bonds is 16. The highest BCUT2D eigenvalue weighted by atomic mass is 32.2. The number of amides is 2. The van der Waals surface area contributed by atoms with Crippen molar-refractivity contribution >= 4 is 34.8 Å². The number of ether oxygens (including phenoxy) is 1. The fourth-order valence-electron chi connectivity index (χ4n) is 3.52. The monoisotopic (exact) mass is 542 g/mol. The Balaban J connectivity index is 2.03. The number of carbonyl (C=O) groups excluding carboxylic acids is 3. The quantitative estimate of drug-likeness (QED) is 0.122. The summed E-state index contributed by atoms with van der Waals surface area (Å²) in [5, 5.41) is 5.29. The minimum atomic E-state index is -0.878. The van der Waals surface area contributed by atoms with Crippen LogP contribution < -0.4 is 27.8 Å². The van der Waals surface area contributed by atoms with Gasteiger partial charge >= 0.3 is 6.09 Å². The molecule has 38 heavy (non-hydrogen) atoms. The van der Waals surface area contributed by atoms with E-state index in [0.29, 0.717) is 50.9 Å². The van der Waals surface area contributed by atoms with E-state index in [4.69, 9.17) is 21.9 Å². The van der Waals surface area contributed by atoms with Gasteiger partial charge in [-0.1, -0.05) is 72.4 Å². The topological polar surface area (TPSA) is 175 Å². The van der Waals surface area contributed by atoms with E-state index >= 15 is 0 Å². The average Bonchev–Trinajstić information content (AvgIpc) is 2.92. The smallest absolute Gasteiger partial charge is 0.408 e. The number of benzene rings is 2. The maximum absolute atomic E-state index is 13.2. The van der Waals surface area contributed by atoms with Crippen LogP contribution in [0, 0.1) is 0 Å². The van der Waals surface area contributed by atoms with Crippen molar-refractivity contribution in [1.29, 1.82) is 0 Å². The standard InChI is InChI=1S/C27H38N6O4S/c28-16-8-7-14-22(33-27(36)37-18-20-10-3-1-4-11-20)24(34)32-23(15-9-17-31-26(29)30)25(35)38-19-21-12-5-2-6-13-21/h1-6,10-13,22-23H,7-9,14-19,28H2,(H,32,34)(H,33,36)(H4,29,30,31)/t22-,23-/m0/s1. The first-order valence-electron chi connectivity index (χ1n) is 12.6. The summed E-state index contributed by atoms with van der Waals surface area (Å²) in [6.07, 6.45) is 1.80. The van der Waals surface area contributed by atoms with Gasteiger partial charge in [-0.15, -0.1) is 0 Å². The van der Waals surface area contributed by atoms with Crippen LogP contribution in [0.4, 0.5) is 4.79 Å². The first-order valence-corrected chi connectivity index (χ1v) is 13.6. The normalized spacial score (nSPS) is 12.1. The highest BCUT2D eigenvalue weighted by Crippen LogP contribution is 2.17. The van der Waals surface area contributed by atoms with Gasteiger partial charge in [0.25, 0.3) is 0 Å². The molecule has 11 heteroatoms. The van der Waals surface area contributed by atoms with Crippen LogP contribution in [0.1, 0.15) is 43.2 Å². The molecule has 2 rings (SSSR count). The molecular formula is C27H38N6O4S. The lowest BCUT2D eigenvalue weighted by molar-refractivity contribution is -0.126. The second-order valence-corrected chi connectivity index (χ2v) is 9.63. The van der Waals surface area contributed by atoms with Crippen molar-refractivity contribution in [3.8, 4) is 0 Å². The SMILES string of the molecule is NCCCC[C@H](NC(=O)OCc1ccccc1)C(=O)N[C@@H](CCCN=C(N)N)C(=O)SCc1ccccc1. The average molecular weight is 543 g/mol. The molecule has 0 aliphatic carbocycles. The molecular weight excluding hydrogens is 504 g/mol. The zero-order chi connectivity index (χ0) is 27.6. The van der Waals surface area contributed by atoms with Crippen molar-refractivity contribution in [1.82, 2.24) is 10.6 Å². The predicted molar refractivity (Wildman–Crippen MR) is 151 cm³/mol. The molecule has 0 bridgehead atoms. The fourth-order valence-corrected chi connectivity index (χ4v) is 4.40. The van der Waals surface area contributed by atoms with Gasteiger partial charge in [-0.05, 0) is 49.8 Å². The van der Waals surface area contributed by atoms with Crippen molar-refractivity contribution in [2.75, 3.05) is 13.1 Å². The lowest BCUT2D eigenvalue weighted by Gasteiger charge is -2.22. The minimum absolute atomic E-state index is 0.0338. The van der Waals surface area contributed by atoms with Crippen LogP contribution >= 0.6 is 11.8 Å². The Hall–Kier alpha value is -3.57. The van der Waals surface area contributed by atoms with Gasteiger partial charge in [0, 0.05) is 12.3 Å². The third-order valence-corrected chi connectivity index (χ3v) is 6.59. The summed E-state index contributed by atoms with van der Waals surface area (Å²) in [7, 11) is 0. The summed E-state index contributed by atoms with van der Waals surface area (Å²) >= 11 is 1.13. The van der Waals surface area contributed by atoms with Crippen molar-refractivity contribution in [2.24, 2.45) is 22.2 Å². The highest BCUT2D eigenvalue weighted by Gasteiger charge is 2.27. The Bertz CT molecular complexity index is 1020. The maximum Gasteiger partial charge on any atom is 0.408 e. The van der Waals surface area contributed by atoms with E-state index in [1.807, 2.05) is 60.7 Å². The van der Waals surface area contributed by atoms with Crippen LogP contribution in [0.3, 0.4) is 0 Å². The number of alkyl carbamates (subject to hydrolysis) is 1. The summed E-state index contributed by atoms with van der Waals surface area (Å²) in [5.74, 6) is -0.0167. The molecule has 0 unspecified atom stereocenters. The third-order valence-electron chi connectivity index (χ3n) is 5.54. The van der Waals surface area contributed by atoms with Gasteiger partial charge in [0.2, 0.25) is 11.0 Å². The molecule has 2 amide bonds. The van der Waals surface area contributed by atoms with Gasteiger partial charge in [-0.2, -0.15) is 0 Å². The summed E-state index contributed by atoms with van der Waals surface area (Å²) in [6.45, 7) is 0.871. The summed E-state index contributed by atoms with van der Waals surface area (Å²) in [6, 6.07) is 17.2. The van der Waals surface area contributed by atoms with Gasteiger partial charge < -0.3 is 32.6 Å². The molecule has 2 atom stereocenters. The maximum atomic E-state index is 13.2. The molecule has 0 aliphatic heterocycles. The largest absolute Gasteiger partial charge is 0.445 e. The molecule has 0 aromatic heterocycles. The molecule has 0 spiro atoms. The number of hydrogen-bond donors (Lipinski definition) is 5. The van der Waals surface area contributed by atoms with E-state index in [1.54, 1.807) is 0 Å². The number of nitrogens with zero attached hydrogens (tertiary/aromatic N) is 1. The number of nitrogens with two attached hydrogens (primary N) is 3. The zero-order valence-corrected chi connectivity index (χ0v) is 22.3. The number of aliphatic imine (C=N–C) groups is 1. The molecule has 0 radical (unpaired) electrons. The number of guanidine groups is 1. The second kappa shape index (κ2) is 17.8. The van der Waals surface area contributed by atoms with Crippen LogP contribution in [-0.4, -0.2) is 48.2 Å². The van der Waals surface area contributed by atoms with Gasteiger partial charge in [0.1, 0.15) is 12.6 Å². The molecule has 0 fully saturated rings. The van der Waals surface area contributed by atoms with Gasteiger partial charge in [-0.25, -0.2) is 4.79 Å². The molecule has 0 heterocycles. The van der Waals surface area contributed by atoms with Crippen molar-refractivity contribution in [2.45, 2.75) is 56.5 Å². The third kappa shape index (κ3) is 12.6. The van der Waals surface area contributed by atoms with Crippen molar-refractivity contribution < 1.29 is 19.1 Å². The Morgan fingerprint density at radius 3 is 2.11 bits per heavy atom. The van der Waals surface area contributed by atoms with Crippen LogP contribution in [0.5, 0.6) is 0 Å². The Labute approximate surface area is 228 Å². The lowest BCUT2D eigenvalue weighted by atomic mass is 10.1. The predicted octanol–water partition coefficient (Wildman–Crippen LogP) is 2.41. The van der Waals surface area contributed by atoms with Gasteiger partial charge in [0.05, 0.1) is 6.04 Å². The fraction of sp³-hybridized carbons (Fsp3) is 0.407. The first kappa shape index (κ1) is 30.7. The molecule has 206 valence electrons. The van der Waals surface area contributed by atoms with E-state index in [1.165, 1.54) is 0 Å². The number of thioether (sulfide) groups is 1. The van der Waals surface area contributed by atoms with Gasteiger partial charge in [0.15, 0.2) is 5.96 Å². The van der Waals surface area contributed by atoms with E-state index in [0.717, 1.165) is 22.9 Å². The number of carbonyl (C=O) groups is 3. The molecule has 2 aromatic carbocycles. The second-order valence-electron chi connectivity index (χ2n) is 8.65. The van der Waals surface area contributed by atoms with E-state index < -0.39 is 24.1 Å². The summed E-state index contributed by atoms with van der Waals surface area (Å²) in [5.41, 5.74) is 18.2. The van der Waals surface area contributed by atoms with Crippen molar-refractivity contribution in [3.63, 3.8) is 0 Å². The lowest BCUT2D eigenvalue weighted by Crippen LogP contribution is -2.51. The van der Waals surface area contributed by atoms with E-state index in [9.17, 15) is 14.4 Å². The Kier molecular flexibility index (Phi) is 14.4. The van der Waals surface area contributed by atoms with Crippen LogP contribution in [0.2, 0.25) is 0 Å². The number of unbranched alkanes of at least 4 members (excludes halogenated alkanes) is 1. The molecule has 8 N–H and O–H groups in total. The number of nitrogens with one attached hydrogen (secondary N) is 2. The van der Waals surface area contributed by atoms with E-state index in [-0.39, 0.29) is 17.7 Å². The van der Waals surface area contributed by atoms with Gasteiger partial charge in [-0.3, -0.25) is 14.6 Å². The van der Waals surface area contributed by atoms with E-state index in [2.05, 4.69) is 15.6 Å². The molecule has 0 aliphatic rings. The first-order chi connectivity index (χ1) is 18.4. The summed E-state index contributed by atoms with van der Waals surface area (Å²) < 4.78 is 5.29. The molecule has 2 aromatic rings. The molecule has 10 nitrogen and oxygen atoms in total. The molecule has 0 saturated heterocycles. The number of hydrogen-bond acceptors (Lipinski definition) is 7. The summed E-state index contributed by atoms with van der Waals surface area (Å²) in [4.78, 5) is 42.7. The van der Waals surface area contributed by atoms with Crippen molar-refractivity contribution in [3.05, 3.63) is 71.8 Å². The van der Waals surface area contributed by atoms with Crippen LogP contribution in [-0.2, 0) is 26.7 Å². The van der Waals surface area contributed by atoms with Crippen LogP contribution in [0.15, 0.2) is 65.7 Å². The zero-order valence-electron chi connectivity index (χ0n) is 21.5. The molecule has 0 saturated carbocycles.